The summed E-state index contributed by atoms with van der Waals surface area (Å²) in [7, 11) is 1.29. The summed E-state index contributed by atoms with van der Waals surface area (Å²) in [6.45, 7) is 17.1. The van der Waals surface area contributed by atoms with Gasteiger partial charge in [-0.25, -0.2) is 4.79 Å². The van der Waals surface area contributed by atoms with E-state index in [9.17, 15) is 14.7 Å². The molecule has 1 aromatic heterocycles. The molecule has 1 heterocycles. The summed E-state index contributed by atoms with van der Waals surface area (Å²) in [6.07, 6.45) is 4.93. The SMILES string of the molecule is CCC(CC)Cn1ccn(CC(=O)c2cc(C(C)(C)C)c(O)c(C(C)(C)C)c2)c1=NC(=O)OC. The maximum atomic E-state index is 13.5. The van der Waals surface area contributed by atoms with Gasteiger partial charge < -0.3 is 19.0 Å². The van der Waals surface area contributed by atoms with Gasteiger partial charge in [0.2, 0.25) is 5.62 Å². The molecule has 0 saturated carbocycles. The minimum Gasteiger partial charge on any atom is -0.507 e. The second-order valence-electron chi connectivity index (χ2n) is 11.0. The molecule has 2 rings (SSSR count). The van der Waals surface area contributed by atoms with Crippen LogP contribution in [0.15, 0.2) is 29.5 Å². The average molecular weight is 472 g/mol. The van der Waals surface area contributed by atoms with E-state index in [0.717, 1.165) is 24.0 Å². The number of hydrogen-bond acceptors (Lipinski definition) is 4. The average Bonchev–Trinajstić information content (AvgIpc) is 3.10. The van der Waals surface area contributed by atoms with Crippen molar-refractivity contribution in [3.63, 3.8) is 0 Å². The van der Waals surface area contributed by atoms with Crippen molar-refractivity contribution in [1.82, 2.24) is 9.13 Å². The van der Waals surface area contributed by atoms with Crippen LogP contribution in [0, 0.1) is 5.92 Å². The molecule has 0 fully saturated rings. The number of benzene rings is 1. The van der Waals surface area contributed by atoms with Crippen LogP contribution in [-0.2, 0) is 28.7 Å². The molecule has 1 N–H and O–H groups in total. The smallest absolute Gasteiger partial charge is 0.436 e. The number of ketones is 1. The molecule has 2 aromatic rings. The molecule has 0 atom stereocenters. The van der Waals surface area contributed by atoms with Crippen LogP contribution in [0.1, 0.15) is 89.7 Å². The number of carbonyl (C=O) groups excluding carboxylic acids is 2. The highest BCUT2D eigenvalue weighted by atomic mass is 16.5. The van der Waals surface area contributed by atoms with Crippen molar-refractivity contribution in [2.75, 3.05) is 7.11 Å². The third-order valence-corrected chi connectivity index (χ3v) is 6.28. The number of imidazole rings is 1. The van der Waals surface area contributed by atoms with Gasteiger partial charge in [-0.1, -0.05) is 68.2 Å². The van der Waals surface area contributed by atoms with Gasteiger partial charge in [0.05, 0.1) is 13.7 Å². The van der Waals surface area contributed by atoms with Crippen LogP contribution in [0.2, 0.25) is 0 Å². The number of rotatable bonds is 7. The lowest BCUT2D eigenvalue weighted by atomic mass is 9.78. The number of nitrogens with zero attached hydrogens (tertiary/aromatic N) is 3. The molecule has 188 valence electrons. The molecule has 0 aliphatic carbocycles. The third-order valence-electron chi connectivity index (χ3n) is 6.28. The molecule has 1 amide bonds. The first kappa shape index (κ1) is 27.4. The van der Waals surface area contributed by atoms with Gasteiger partial charge in [-0.05, 0) is 28.9 Å². The van der Waals surface area contributed by atoms with Gasteiger partial charge in [0.15, 0.2) is 5.78 Å². The highest BCUT2D eigenvalue weighted by Crippen LogP contribution is 2.39. The van der Waals surface area contributed by atoms with Crippen molar-refractivity contribution in [3.8, 4) is 5.75 Å². The highest BCUT2D eigenvalue weighted by molar-refractivity contribution is 5.96. The van der Waals surface area contributed by atoms with Gasteiger partial charge in [-0.3, -0.25) is 4.79 Å². The summed E-state index contributed by atoms with van der Waals surface area (Å²) < 4.78 is 8.34. The first-order valence-electron chi connectivity index (χ1n) is 12.0. The van der Waals surface area contributed by atoms with Crippen molar-refractivity contribution >= 4 is 11.9 Å². The lowest BCUT2D eigenvalue weighted by molar-refractivity contribution is 0.0969. The molecule has 0 radical (unpaired) electrons. The first-order chi connectivity index (χ1) is 15.7. The molecule has 0 aliphatic rings. The maximum absolute atomic E-state index is 13.5. The second-order valence-corrected chi connectivity index (χ2v) is 11.0. The minimum atomic E-state index is -0.708. The predicted molar refractivity (Wildman–Crippen MR) is 134 cm³/mol. The van der Waals surface area contributed by atoms with E-state index in [1.165, 1.54) is 7.11 Å². The fraction of sp³-hybridized carbons (Fsp3) is 0.593. The van der Waals surface area contributed by atoms with E-state index < -0.39 is 6.09 Å². The summed E-state index contributed by atoms with van der Waals surface area (Å²) in [5.74, 6) is 0.549. The molecule has 0 spiro atoms. The first-order valence-corrected chi connectivity index (χ1v) is 12.0. The summed E-state index contributed by atoms with van der Waals surface area (Å²) in [4.78, 5) is 29.6. The number of ether oxygens (including phenoxy) is 1. The quantitative estimate of drug-likeness (QED) is 0.535. The molecule has 0 aliphatic heterocycles. The van der Waals surface area contributed by atoms with E-state index in [4.69, 9.17) is 4.74 Å². The second kappa shape index (κ2) is 10.6. The number of hydrogen-bond donors (Lipinski definition) is 1. The Labute approximate surface area is 203 Å². The molecular formula is C27H41N3O4. The Kier molecular flexibility index (Phi) is 8.56. The Hall–Kier alpha value is -2.83. The van der Waals surface area contributed by atoms with Crippen molar-refractivity contribution in [3.05, 3.63) is 46.8 Å². The topological polar surface area (TPSA) is 85.8 Å². The van der Waals surface area contributed by atoms with Crippen LogP contribution in [-0.4, -0.2) is 33.2 Å². The Balaban J connectivity index is 2.56. The fourth-order valence-electron chi connectivity index (χ4n) is 3.99. The Morgan fingerprint density at radius 2 is 1.47 bits per heavy atom. The van der Waals surface area contributed by atoms with Gasteiger partial charge in [0.25, 0.3) is 0 Å². The fourth-order valence-corrected chi connectivity index (χ4v) is 3.99. The van der Waals surface area contributed by atoms with Crippen LogP contribution >= 0.6 is 0 Å². The molecular weight excluding hydrogens is 430 g/mol. The summed E-state index contributed by atoms with van der Waals surface area (Å²) in [6, 6.07) is 3.57. The molecule has 7 nitrogen and oxygen atoms in total. The normalized spacial score (nSPS) is 12.9. The molecule has 34 heavy (non-hydrogen) atoms. The Morgan fingerprint density at radius 1 is 0.971 bits per heavy atom. The van der Waals surface area contributed by atoms with Crippen LogP contribution in [0.3, 0.4) is 0 Å². The van der Waals surface area contributed by atoms with E-state index in [0.29, 0.717) is 23.6 Å². The monoisotopic (exact) mass is 471 g/mol. The van der Waals surface area contributed by atoms with E-state index >= 15 is 0 Å². The predicted octanol–water partition coefficient (Wildman–Crippen LogP) is 5.58. The third kappa shape index (κ3) is 6.39. The molecule has 7 heteroatoms. The van der Waals surface area contributed by atoms with Crippen molar-refractivity contribution in [1.29, 1.82) is 0 Å². The zero-order valence-corrected chi connectivity index (χ0v) is 22.2. The maximum Gasteiger partial charge on any atom is 0.436 e. The summed E-state index contributed by atoms with van der Waals surface area (Å²) in [5, 5.41) is 11.0. The van der Waals surface area contributed by atoms with Crippen LogP contribution in [0.25, 0.3) is 0 Å². The number of aromatic hydroxyl groups is 1. The van der Waals surface area contributed by atoms with Gasteiger partial charge >= 0.3 is 6.09 Å². The van der Waals surface area contributed by atoms with E-state index in [1.807, 2.05) is 52.3 Å². The number of phenolic OH excluding ortho intramolecular Hbond substituents is 1. The molecule has 1 aromatic carbocycles. The van der Waals surface area contributed by atoms with Gasteiger partial charge in [0, 0.05) is 35.6 Å². The number of aromatic nitrogens is 2. The Bertz CT molecular complexity index is 1060. The van der Waals surface area contributed by atoms with E-state index in [-0.39, 0.29) is 28.9 Å². The Morgan fingerprint density at radius 3 is 1.91 bits per heavy atom. The van der Waals surface area contributed by atoms with Gasteiger partial charge in [-0.2, -0.15) is 0 Å². The van der Waals surface area contributed by atoms with Crippen LogP contribution < -0.4 is 5.62 Å². The number of amides is 1. The van der Waals surface area contributed by atoms with Crippen LogP contribution in [0.4, 0.5) is 4.79 Å². The summed E-state index contributed by atoms with van der Waals surface area (Å²) >= 11 is 0. The van der Waals surface area contributed by atoms with E-state index in [1.54, 1.807) is 22.9 Å². The lowest BCUT2D eigenvalue weighted by Crippen LogP contribution is -2.31. The molecule has 0 bridgehead atoms. The van der Waals surface area contributed by atoms with Gasteiger partial charge in [0.1, 0.15) is 5.75 Å². The summed E-state index contributed by atoms with van der Waals surface area (Å²) in [5.41, 5.74) is 1.71. The molecule has 0 saturated heterocycles. The molecule has 0 unspecified atom stereocenters. The number of phenols is 1. The number of carbonyl (C=O) groups is 2. The van der Waals surface area contributed by atoms with Crippen LogP contribution in [0.5, 0.6) is 5.75 Å². The van der Waals surface area contributed by atoms with Gasteiger partial charge in [-0.15, -0.1) is 4.99 Å². The largest absolute Gasteiger partial charge is 0.507 e. The van der Waals surface area contributed by atoms with Crippen molar-refractivity contribution in [2.24, 2.45) is 10.9 Å². The highest BCUT2D eigenvalue weighted by Gasteiger charge is 2.28. The standard InChI is InChI=1S/C27H41N3O4/c1-10-18(11-2)16-29-12-13-30(24(29)28-25(33)34-9)17-22(31)19-14-20(26(3,4)5)23(32)21(15-19)27(6,7)8/h12-15,18,32H,10-11,16-17H2,1-9H3. The lowest BCUT2D eigenvalue weighted by Gasteiger charge is -2.28. The zero-order chi connectivity index (χ0) is 25.8. The minimum absolute atomic E-state index is 0.0175. The number of Topliss-reactive ketones (excluding diaryl/α,β-unsaturated/α-hetero) is 1. The van der Waals surface area contributed by atoms with E-state index in [2.05, 4.69) is 18.8 Å². The van der Waals surface area contributed by atoms with Crippen molar-refractivity contribution in [2.45, 2.75) is 92.2 Å². The number of methoxy groups -OCH3 is 1. The zero-order valence-electron chi connectivity index (χ0n) is 22.2. The van der Waals surface area contributed by atoms with Crippen molar-refractivity contribution < 1.29 is 19.4 Å².